The zero-order valence-electron chi connectivity index (χ0n) is 28.9. The molecule has 5 rings (SSSR count). The number of pyridine rings is 1. The molecular weight excluding hydrogens is 616 g/mol. The number of nitrogens with one attached hydrogen (secondary N) is 1. The number of aliphatic hydroxyl groups is 1. The number of methoxy groups -OCH3 is 1. The van der Waals surface area contributed by atoms with E-state index in [4.69, 9.17) is 19.2 Å². The number of likely N-dealkylation sites (tertiary alicyclic amines) is 1. The van der Waals surface area contributed by atoms with Crippen LogP contribution in [0.25, 0.3) is 22.2 Å². The van der Waals surface area contributed by atoms with E-state index in [-0.39, 0.29) is 13.3 Å². The Balaban J connectivity index is 1.60. The predicted octanol–water partition coefficient (Wildman–Crippen LogP) is 5.99. The van der Waals surface area contributed by atoms with Gasteiger partial charge < -0.3 is 39.2 Å². The number of nitrogens with zero attached hydrogens (tertiary/aromatic N) is 3. The van der Waals surface area contributed by atoms with E-state index in [9.17, 15) is 19.8 Å². The van der Waals surface area contributed by atoms with E-state index >= 15 is 0 Å². The lowest BCUT2D eigenvalue weighted by atomic mass is 9.82. The number of amides is 2. The molecule has 1 aromatic carbocycles. The van der Waals surface area contributed by atoms with Gasteiger partial charge in [0.2, 0.25) is 0 Å². The number of β-amino-alcohol motifs (C(OH)–C–C–N with tert-alkyl or cyclic N) is 1. The van der Waals surface area contributed by atoms with Crippen LogP contribution in [0.15, 0.2) is 30.5 Å². The molecule has 1 unspecified atom stereocenters. The molecule has 3 N–H and O–H groups in total. The van der Waals surface area contributed by atoms with Crippen molar-refractivity contribution in [1.82, 2.24) is 19.8 Å². The number of carbonyl (C=O) groups excluding carboxylic acids is 1. The largest absolute Gasteiger partial charge is 0.497 e. The second-order valence-electron chi connectivity index (χ2n) is 15.2. The fraction of sp³-hybridized carbons (Fsp3) is 0.571. The Labute approximate surface area is 278 Å². The van der Waals surface area contributed by atoms with Crippen molar-refractivity contribution in [2.24, 2.45) is 11.3 Å². The molecule has 2 aromatic heterocycles. The highest BCUT2D eigenvalue weighted by Crippen LogP contribution is 2.41. The number of aromatic nitrogens is 2. The summed E-state index contributed by atoms with van der Waals surface area (Å²) in [7, 11) is 0.282. The summed E-state index contributed by atoms with van der Waals surface area (Å²) in [6, 6.07) is 7.21. The van der Waals surface area contributed by atoms with Crippen molar-refractivity contribution in [3.05, 3.63) is 41.7 Å². The van der Waals surface area contributed by atoms with Crippen molar-refractivity contribution >= 4 is 31.1 Å². The quantitative estimate of drug-likeness (QED) is 0.159. The van der Waals surface area contributed by atoms with Crippen molar-refractivity contribution in [1.29, 1.82) is 0 Å². The average molecular weight is 667 g/mol. The molecule has 3 heterocycles. The smallest absolute Gasteiger partial charge is 0.407 e. The molecule has 1 aliphatic heterocycles. The van der Waals surface area contributed by atoms with E-state index in [0.717, 1.165) is 41.3 Å². The average Bonchev–Trinajstić information content (AvgIpc) is 3.70. The lowest BCUT2D eigenvalue weighted by Gasteiger charge is -2.37. The van der Waals surface area contributed by atoms with E-state index in [1.807, 2.05) is 56.5 Å². The van der Waals surface area contributed by atoms with Gasteiger partial charge in [0.25, 0.3) is 5.91 Å². The van der Waals surface area contributed by atoms with Crippen LogP contribution in [0.1, 0.15) is 49.7 Å². The first kappa shape index (κ1) is 34.7. The molecular formula is C35H50N4O7Si. The summed E-state index contributed by atoms with van der Waals surface area (Å²) in [6.45, 7) is 15.8. The van der Waals surface area contributed by atoms with E-state index in [1.54, 1.807) is 13.3 Å². The molecule has 2 aliphatic rings. The van der Waals surface area contributed by atoms with E-state index in [0.29, 0.717) is 41.7 Å². The first-order chi connectivity index (χ1) is 22.1. The molecule has 47 heavy (non-hydrogen) atoms. The molecule has 2 fully saturated rings. The van der Waals surface area contributed by atoms with Crippen LogP contribution in [0.5, 0.6) is 11.5 Å². The van der Waals surface area contributed by atoms with Gasteiger partial charge in [-0.25, -0.2) is 4.79 Å². The van der Waals surface area contributed by atoms with Crippen LogP contribution in [-0.4, -0.2) is 89.8 Å². The van der Waals surface area contributed by atoms with Crippen LogP contribution in [0.2, 0.25) is 25.7 Å². The van der Waals surface area contributed by atoms with Gasteiger partial charge in [-0.1, -0.05) is 40.4 Å². The number of hydrogen-bond acceptors (Lipinski definition) is 7. The Hall–Kier alpha value is -3.61. The van der Waals surface area contributed by atoms with Crippen molar-refractivity contribution in [2.45, 2.75) is 91.1 Å². The van der Waals surface area contributed by atoms with E-state index < -0.39 is 43.7 Å². The first-order valence-corrected chi connectivity index (χ1v) is 20.2. The summed E-state index contributed by atoms with van der Waals surface area (Å²) in [5.74, 6) is 1.52. The Bertz CT molecular complexity index is 1620. The minimum Gasteiger partial charge on any atom is -0.497 e. The highest BCUT2D eigenvalue weighted by molar-refractivity contribution is 6.76. The van der Waals surface area contributed by atoms with Crippen LogP contribution in [0.4, 0.5) is 4.79 Å². The molecule has 12 heteroatoms. The van der Waals surface area contributed by atoms with Crippen LogP contribution >= 0.6 is 0 Å². The van der Waals surface area contributed by atoms with E-state index in [1.165, 1.54) is 4.90 Å². The van der Waals surface area contributed by atoms with Crippen LogP contribution < -0.4 is 14.8 Å². The van der Waals surface area contributed by atoms with Crippen LogP contribution in [0, 0.1) is 18.3 Å². The summed E-state index contributed by atoms with van der Waals surface area (Å²) in [5, 5.41) is 23.9. The fourth-order valence-corrected chi connectivity index (χ4v) is 7.23. The summed E-state index contributed by atoms with van der Waals surface area (Å²) < 4.78 is 20.2. The zero-order chi connectivity index (χ0) is 34.3. The van der Waals surface area contributed by atoms with Gasteiger partial charge in [0.05, 0.1) is 49.5 Å². The van der Waals surface area contributed by atoms with Gasteiger partial charge in [-0.3, -0.25) is 9.78 Å². The molecule has 1 saturated carbocycles. The minimum absolute atomic E-state index is 0.0875. The highest BCUT2D eigenvalue weighted by atomic mass is 28.3. The number of ether oxygens (including phenoxy) is 3. The third-order valence-electron chi connectivity index (χ3n) is 9.19. The maximum Gasteiger partial charge on any atom is 0.407 e. The van der Waals surface area contributed by atoms with Gasteiger partial charge in [0, 0.05) is 37.7 Å². The lowest BCUT2D eigenvalue weighted by Crippen LogP contribution is -2.54. The number of benzene rings is 1. The molecule has 2 amide bonds. The van der Waals surface area contributed by atoms with Gasteiger partial charge in [-0.05, 0) is 61.4 Å². The first-order valence-electron chi connectivity index (χ1n) is 16.5. The van der Waals surface area contributed by atoms with Gasteiger partial charge in [-0.15, -0.1) is 0 Å². The van der Waals surface area contributed by atoms with Gasteiger partial charge >= 0.3 is 6.09 Å². The molecule has 3 aromatic rings. The zero-order valence-corrected chi connectivity index (χ0v) is 29.9. The molecule has 1 aliphatic carbocycles. The number of carbonyl (C=O) groups is 2. The van der Waals surface area contributed by atoms with Crippen LogP contribution in [-0.2, 0) is 11.5 Å². The molecule has 256 valence electrons. The number of fused-ring (bicyclic) bond motifs is 1. The number of aliphatic hydroxyl groups excluding tert-OH is 1. The standard InChI is InChI=1S/C35H50N4O7Si/c1-21-28(33(41)37-29-26(40)18-38(34(42)43)32(29)35(2,3)4)30-31(39(21)20-45-15-16-47(6,7)8)24(13-14-36-30)25-17-23(44-5)11-12-27(25)46-19-22-9-10-22/h11-14,17,22,26,29,32,40H,9-10,15-16,18-20H2,1-8H3,(H,37,41)(H,42,43)/t26-,29+,32?/m1/s1. The SMILES string of the molecule is COc1ccc(OCC2CC2)c(-c2ccnc3c(C(=O)N[C@@H]4C(C(C)(C)C)N(C(=O)O)C[C@H]4O)c(C)n(COCC[Si](C)(C)C)c23)c1. The van der Waals surface area contributed by atoms with Gasteiger partial charge in [0.1, 0.15) is 23.7 Å². The topological polar surface area (TPSA) is 135 Å². The normalized spacial score (nSPS) is 20.1. The lowest BCUT2D eigenvalue weighted by molar-refractivity contribution is 0.0780. The molecule has 1 saturated heterocycles. The predicted molar refractivity (Wildman–Crippen MR) is 184 cm³/mol. The van der Waals surface area contributed by atoms with Crippen molar-refractivity contribution in [2.75, 3.05) is 26.9 Å². The summed E-state index contributed by atoms with van der Waals surface area (Å²) in [6.07, 6.45) is 1.81. The third kappa shape index (κ3) is 7.60. The molecule has 11 nitrogen and oxygen atoms in total. The molecule has 3 atom stereocenters. The van der Waals surface area contributed by atoms with Crippen LogP contribution in [0.3, 0.4) is 0 Å². The third-order valence-corrected chi connectivity index (χ3v) is 10.9. The monoisotopic (exact) mass is 666 g/mol. The second kappa shape index (κ2) is 13.5. The molecule has 0 radical (unpaired) electrons. The summed E-state index contributed by atoms with van der Waals surface area (Å²) >= 11 is 0. The van der Waals surface area contributed by atoms with Crippen molar-refractivity contribution < 1.29 is 34.0 Å². The Morgan fingerprint density at radius 3 is 2.47 bits per heavy atom. The number of hydrogen-bond donors (Lipinski definition) is 3. The van der Waals surface area contributed by atoms with Crippen molar-refractivity contribution in [3.63, 3.8) is 0 Å². The van der Waals surface area contributed by atoms with Gasteiger partial charge in [-0.2, -0.15) is 0 Å². The summed E-state index contributed by atoms with van der Waals surface area (Å²) in [5.41, 5.74) is 3.31. The Kier molecular flexibility index (Phi) is 9.96. The highest BCUT2D eigenvalue weighted by Gasteiger charge is 2.50. The maximum atomic E-state index is 14.3. The van der Waals surface area contributed by atoms with Crippen molar-refractivity contribution in [3.8, 4) is 22.6 Å². The molecule has 0 spiro atoms. The summed E-state index contributed by atoms with van der Waals surface area (Å²) in [4.78, 5) is 32.4. The minimum atomic E-state index is -1.34. The second-order valence-corrected chi connectivity index (χ2v) is 20.8. The fourth-order valence-electron chi connectivity index (χ4n) is 6.47. The molecule has 0 bridgehead atoms. The van der Waals surface area contributed by atoms with E-state index in [2.05, 4.69) is 25.0 Å². The van der Waals surface area contributed by atoms with Gasteiger partial charge in [0.15, 0.2) is 0 Å². The maximum absolute atomic E-state index is 14.3. The number of carboxylic acid groups (broad SMARTS) is 1. The Morgan fingerprint density at radius 1 is 1.13 bits per heavy atom. The Morgan fingerprint density at radius 2 is 1.85 bits per heavy atom. The number of rotatable bonds is 12.